The minimum atomic E-state index is -0.214. The normalized spacial score (nSPS) is 27.1. The first-order valence-electron chi connectivity index (χ1n) is 6.79. The largest absolute Gasteiger partial charge is 0.393 e. The van der Waals surface area contributed by atoms with Gasteiger partial charge in [-0.2, -0.15) is 0 Å². The molecule has 1 aliphatic heterocycles. The van der Waals surface area contributed by atoms with Crippen molar-refractivity contribution < 1.29 is 5.11 Å². The van der Waals surface area contributed by atoms with Crippen molar-refractivity contribution >= 4 is 0 Å². The summed E-state index contributed by atoms with van der Waals surface area (Å²) in [4.78, 5) is 2.31. The first kappa shape index (κ1) is 13.5. The molecule has 0 radical (unpaired) electrons. The first-order valence-corrected chi connectivity index (χ1v) is 6.79. The van der Waals surface area contributed by atoms with Crippen molar-refractivity contribution in [3.05, 3.63) is 35.9 Å². The van der Waals surface area contributed by atoms with E-state index in [0.717, 1.165) is 26.1 Å². The highest BCUT2D eigenvalue weighted by Crippen LogP contribution is 2.19. The van der Waals surface area contributed by atoms with Gasteiger partial charge in [-0.1, -0.05) is 30.3 Å². The molecule has 3 heteroatoms. The van der Waals surface area contributed by atoms with Gasteiger partial charge in [0.2, 0.25) is 0 Å². The highest BCUT2D eigenvalue weighted by molar-refractivity contribution is 5.14. The summed E-state index contributed by atoms with van der Waals surface area (Å²) in [5.74, 6) is 0.386. The Hall–Kier alpha value is -0.900. The number of benzene rings is 1. The number of rotatable bonds is 4. The molecule has 1 fully saturated rings. The number of likely N-dealkylation sites (tertiary alicyclic amines) is 1. The number of aliphatic hydroxyl groups excluding tert-OH is 1. The molecular weight excluding hydrogens is 224 g/mol. The number of hydrogen-bond donors (Lipinski definition) is 2. The van der Waals surface area contributed by atoms with Gasteiger partial charge in [-0.15, -0.1) is 0 Å². The molecule has 1 saturated heterocycles. The van der Waals surface area contributed by atoms with Crippen molar-refractivity contribution in [3.8, 4) is 0 Å². The summed E-state index contributed by atoms with van der Waals surface area (Å²) in [6.07, 6.45) is 0.850. The summed E-state index contributed by atoms with van der Waals surface area (Å²) in [5, 5.41) is 13.3. The quantitative estimate of drug-likeness (QED) is 0.847. The molecule has 1 aromatic rings. The van der Waals surface area contributed by atoms with Crippen LogP contribution < -0.4 is 5.32 Å². The maximum absolute atomic E-state index is 9.74. The molecule has 2 rings (SSSR count). The fourth-order valence-corrected chi connectivity index (χ4v) is 2.72. The van der Waals surface area contributed by atoms with Gasteiger partial charge in [0.25, 0.3) is 0 Å². The van der Waals surface area contributed by atoms with Gasteiger partial charge in [-0.05, 0) is 31.9 Å². The van der Waals surface area contributed by atoms with Crippen molar-refractivity contribution in [2.45, 2.75) is 32.0 Å². The number of hydrogen-bond acceptors (Lipinski definition) is 3. The Labute approximate surface area is 110 Å². The lowest BCUT2D eigenvalue weighted by molar-refractivity contribution is 0.0581. The molecule has 0 saturated carbocycles. The lowest BCUT2D eigenvalue weighted by Gasteiger charge is -2.37. The predicted octanol–water partition coefficient (Wildman–Crippen LogP) is 1.48. The van der Waals surface area contributed by atoms with E-state index in [1.165, 1.54) is 5.56 Å². The highest BCUT2D eigenvalue weighted by Gasteiger charge is 2.27. The average Bonchev–Trinajstić information content (AvgIpc) is 2.37. The monoisotopic (exact) mass is 248 g/mol. The predicted molar refractivity (Wildman–Crippen MR) is 74.4 cm³/mol. The van der Waals surface area contributed by atoms with E-state index in [1.807, 2.05) is 13.0 Å². The maximum Gasteiger partial charge on any atom is 0.0553 e. The molecule has 1 aromatic carbocycles. The third-order valence-corrected chi connectivity index (χ3v) is 3.79. The van der Waals surface area contributed by atoms with E-state index in [4.69, 9.17) is 0 Å². The van der Waals surface area contributed by atoms with Gasteiger partial charge in [0.1, 0.15) is 0 Å². The second kappa shape index (κ2) is 6.32. The Kier molecular flexibility index (Phi) is 4.75. The van der Waals surface area contributed by atoms with E-state index >= 15 is 0 Å². The van der Waals surface area contributed by atoms with Gasteiger partial charge < -0.3 is 15.3 Å². The van der Waals surface area contributed by atoms with Crippen molar-refractivity contribution in [2.24, 2.45) is 5.92 Å². The Bertz CT molecular complexity index is 353. The maximum atomic E-state index is 9.74. The van der Waals surface area contributed by atoms with Crippen LogP contribution in [0.2, 0.25) is 0 Å². The van der Waals surface area contributed by atoms with E-state index < -0.39 is 0 Å². The summed E-state index contributed by atoms with van der Waals surface area (Å²) in [6, 6.07) is 11.0. The van der Waals surface area contributed by atoms with Crippen LogP contribution in [0.5, 0.6) is 0 Å². The second-order valence-electron chi connectivity index (χ2n) is 5.52. The zero-order valence-electron chi connectivity index (χ0n) is 11.3. The van der Waals surface area contributed by atoms with Gasteiger partial charge in [0.05, 0.1) is 6.10 Å². The number of aliphatic hydroxyl groups is 1. The molecule has 1 aliphatic rings. The molecule has 0 aromatic heterocycles. The molecule has 3 unspecified atom stereocenters. The average molecular weight is 248 g/mol. The van der Waals surface area contributed by atoms with Crippen LogP contribution in [0.15, 0.2) is 30.3 Å². The number of nitrogens with zero attached hydrogens (tertiary/aromatic N) is 1. The molecule has 18 heavy (non-hydrogen) atoms. The first-order chi connectivity index (χ1) is 8.65. The molecule has 0 amide bonds. The van der Waals surface area contributed by atoms with Crippen LogP contribution in [-0.2, 0) is 6.54 Å². The molecule has 2 N–H and O–H groups in total. The van der Waals surface area contributed by atoms with Crippen LogP contribution in [0.25, 0.3) is 0 Å². The minimum absolute atomic E-state index is 0.214. The van der Waals surface area contributed by atoms with Crippen molar-refractivity contribution in [2.75, 3.05) is 20.1 Å². The lowest BCUT2D eigenvalue weighted by atomic mass is 9.90. The fraction of sp³-hybridized carbons (Fsp3) is 0.600. The van der Waals surface area contributed by atoms with Gasteiger partial charge in [-0.25, -0.2) is 0 Å². The highest BCUT2D eigenvalue weighted by atomic mass is 16.3. The Morgan fingerprint density at radius 2 is 2.06 bits per heavy atom. The van der Waals surface area contributed by atoms with E-state index in [-0.39, 0.29) is 6.10 Å². The number of nitrogens with one attached hydrogen (secondary N) is 1. The van der Waals surface area contributed by atoms with Crippen molar-refractivity contribution in [3.63, 3.8) is 0 Å². The molecular formula is C15H24N2O. The standard InChI is InChI=1S/C15H24N2O/c1-12(18)14-8-15(11-17(2)10-14)16-9-13-6-4-3-5-7-13/h3-7,12,14-16,18H,8-11H2,1-2H3. The summed E-state index contributed by atoms with van der Waals surface area (Å²) in [7, 11) is 2.13. The number of piperidine rings is 1. The lowest BCUT2D eigenvalue weighted by Crippen LogP contribution is -2.49. The van der Waals surface area contributed by atoms with Gasteiger partial charge >= 0.3 is 0 Å². The number of likely N-dealkylation sites (N-methyl/N-ethyl adjacent to an activating group) is 1. The molecule has 0 bridgehead atoms. The molecule has 3 nitrogen and oxygen atoms in total. The zero-order chi connectivity index (χ0) is 13.0. The van der Waals surface area contributed by atoms with Crippen molar-refractivity contribution in [1.29, 1.82) is 0 Å². The van der Waals surface area contributed by atoms with Gasteiger partial charge in [0, 0.05) is 25.7 Å². The molecule has 0 spiro atoms. The van der Waals surface area contributed by atoms with E-state index in [9.17, 15) is 5.11 Å². The van der Waals surface area contributed by atoms with Crippen LogP contribution in [-0.4, -0.2) is 42.3 Å². The Balaban J connectivity index is 1.85. The van der Waals surface area contributed by atoms with Crippen molar-refractivity contribution in [1.82, 2.24) is 10.2 Å². The Morgan fingerprint density at radius 1 is 1.33 bits per heavy atom. The van der Waals surface area contributed by atoms with Crippen LogP contribution in [0, 0.1) is 5.92 Å². The van der Waals surface area contributed by atoms with E-state index in [0.29, 0.717) is 12.0 Å². The smallest absolute Gasteiger partial charge is 0.0553 e. The SMILES string of the molecule is CC(O)C1CC(NCc2ccccc2)CN(C)C1. The Morgan fingerprint density at radius 3 is 2.72 bits per heavy atom. The van der Waals surface area contributed by atoms with Crippen LogP contribution in [0.3, 0.4) is 0 Å². The summed E-state index contributed by atoms with van der Waals surface area (Å²) >= 11 is 0. The van der Waals surface area contributed by atoms with E-state index in [2.05, 4.69) is 41.5 Å². The second-order valence-corrected chi connectivity index (χ2v) is 5.52. The van der Waals surface area contributed by atoms with E-state index in [1.54, 1.807) is 0 Å². The topological polar surface area (TPSA) is 35.5 Å². The van der Waals surface area contributed by atoms with Gasteiger partial charge in [-0.3, -0.25) is 0 Å². The molecule has 1 heterocycles. The van der Waals surface area contributed by atoms with Crippen LogP contribution in [0.4, 0.5) is 0 Å². The summed E-state index contributed by atoms with van der Waals surface area (Å²) < 4.78 is 0. The minimum Gasteiger partial charge on any atom is -0.393 e. The molecule has 100 valence electrons. The van der Waals surface area contributed by atoms with Crippen LogP contribution in [0.1, 0.15) is 18.9 Å². The zero-order valence-corrected chi connectivity index (χ0v) is 11.3. The molecule has 0 aliphatic carbocycles. The third kappa shape index (κ3) is 3.80. The van der Waals surface area contributed by atoms with Crippen LogP contribution >= 0.6 is 0 Å². The molecule has 3 atom stereocenters. The third-order valence-electron chi connectivity index (χ3n) is 3.79. The summed E-state index contributed by atoms with van der Waals surface area (Å²) in [5.41, 5.74) is 1.32. The summed E-state index contributed by atoms with van der Waals surface area (Å²) in [6.45, 7) is 4.88. The fourth-order valence-electron chi connectivity index (χ4n) is 2.72. The van der Waals surface area contributed by atoms with Gasteiger partial charge in [0.15, 0.2) is 0 Å².